The molecule has 3 heteroatoms. The summed E-state index contributed by atoms with van der Waals surface area (Å²) in [5, 5.41) is 21.5. The van der Waals surface area contributed by atoms with Crippen LogP contribution in [0.1, 0.15) is 75.5 Å². The maximum absolute atomic E-state index is 10.8. The highest BCUT2D eigenvalue weighted by Gasteiger charge is 2.22. The molecule has 0 amide bonds. The van der Waals surface area contributed by atoms with E-state index in [1.165, 1.54) is 31.2 Å². The van der Waals surface area contributed by atoms with Crippen molar-refractivity contribution in [1.29, 1.82) is 0 Å². The minimum absolute atomic E-state index is 0.209. The van der Waals surface area contributed by atoms with E-state index in [9.17, 15) is 10.2 Å². The zero-order chi connectivity index (χ0) is 21.5. The Labute approximate surface area is 182 Å². The SMILES string of the molecule is CCCCCC(C)C(C)c1cc(O)c(C2=CCN(Cc3ccccc3)CC2)c(O)c1. The van der Waals surface area contributed by atoms with Crippen molar-refractivity contribution in [2.45, 2.75) is 65.3 Å². The molecule has 3 nitrogen and oxygen atoms in total. The topological polar surface area (TPSA) is 43.7 Å². The van der Waals surface area contributed by atoms with Crippen molar-refractivity contribution in [1.82, 2.24) is 4.90 Å². The van der Waals surface area contributed by atoms with E-state index in [-0.39, 0.29) is 11.5 Å². The Kier molecular flexibility index (Phi) is 7.98. The first-order chi connectivity index (χ1) is 14.5. The average Bonchev–Trinajstić information content (AvgIpc) is 2.74. The third kappa shape index (κ3) is 5.66. The molecule has 0 saturated heterocycles. The smallest absolute Gasteiger partial charge is 0.127 e. The monoisotopic (exact) mass is 407 g/mol. The Balaban J connectivity index is 1.68. The highest BCUT2D eigenvalue weighted by molar-refractivity contribution is 5.76. The summed E-state index contributed by atoms with van der Waals surface area (Å²) in [7, 11) is 0. The van der Waals surface area contributed by atoms with Gasteiger partial charge >= 0.3 is 0 Å². The van der Waals surface area contributed by atoms with Gasteiger partial charge in [0.05, 0.1) is 5.56 Å². The Hall–Kier alpha value is -2.26. The van der Waals surface area contributed by atoms with Crippen LogP contribution in [0, 0.1) is 5.92 Å². The van der Waals surface area contributed by atoms with Crippen LogP contribution < -0.4 is 0 Å². The van der Waals surface area contributed by atoms with Crippen molar-refractivity contribution < 1.29 is 10.2 Å². The van der Waals surface area contributed by atoms with Gasteiger partial charge in [-0.2, -0.15) is 0 Å². The van der Waals surface area contributed by atoms with Crippen LogP contribution in [0.15, 0.2) is 48.5 Å². The van der Waals surface area contributed by atoms with E-state index < -0.39 is 0 Å². The molecule has 0 saturated carbocycles. The second-order valence-electron chi connectivity index (χ2n) is 8.90. The van der Waals surface area contributed by atoms with Crippen molar-refractivity contribution in [2.75, 3.05) is 13.1 Å². The second-order valence-corrected chi connectivity index (χ2v) is 8.90. The van der Waals surface area contributed by atoms with E-state index in [4.69, 9.17) is 0 Å². The Bertz CT molecular complexity index is 820. The molecule has 2 aromatic rings. The standard InChI is InChI=1S/C27H37NO2/c1-4-5-7-10-20(2)21(3)24-17-25(29)27(26(30)18-24)23-13-15-28(16-14-23)19-22-11-8-6-9-12-22/h6,8-9,11-13,17-18,20-21,29-30H,4-5,7,10,14-16,19H2,1-3H3. The van der Waals surface area contributed by atoms with E-state index >= 15 is 0 Å². The molecular weight excluding hydrogens is 370 g/mol. The maximum atomic E-state index is 10.8. The predicted octanol–water partition coefficient (Wildman–Crippen LogP) is 6.71. The molecule has 0 bridgehead atoms. The van der Waals surface area contributed by atoms with Crippen molar-refractivity contribution in [3.8, 4) is 11.5 Å². The third-order valence-electron chi connectivity index (χ3n) is 6.62. The van der Waals surface area contributed by atoms with Gasteiger partial charge in [-0.15, -0.1) is 0 Å². The molecule has 0 radical (unpaired) electrons. The van der Waals surface area contributed by atoms with Crippen molar-refractivity contribution in [3.05, 3.63) is 65.2 Å². The highest BCUT2D eigenvalue weighted by Crippen LogP contribution is 2.41. The third-order valence-corrected chi connectivity index (χ3v) is 6.62. The fraction of sp³-hybridized carbons (Fsp3) is 0.481. The minimum Gasteiger partial charge on any atom is -0.507 e. The number of rotatable bonds is 9. The summed E-state index contributed by atoms with van der Waals surface area (Å²) >= 11 is 0. The summed E-state index contributed by atoms with van der Waals surface area (Å²) in [5.74, 6) is 1.26. The molecule has 30 heavy (non-hydrogen) atoms. The summed E-state index contributed by atoms with van der Waals surface area (Å²) in [4.78, 5) is 2.39. The van der Waals surface area contributed by atoms with Gasteiger partial charge < -0.3 is 10.2 Å². The molecule has 2 aromatic carbocycles. The molecule has 1 aliphatic heterocycles. The number of unbranched alkanes of at least 4 members (excludes halogenated alkanes) is 2. The number of hydrogen-bond acceptors (Lipinski definition) is 3. The Morgan fingerprint density at radius 2 is 1.70 bits per heavy atom. The van der Waals surface area contributed by atoms with Crippen LogP contribution in [0.2, 0.25) is 0 Å². The number of nitrogens with zero attached hydrogens (tertiary/aromatic N) is 1. The molecule has 0 aromatic heterocycles. The van der Waals surface area contributed by atoms with Crippen LogP contribution in [-0.2, 0) is 6.54 Å². The van der Waals surface area contributed by atoms with Crippen LogP contribution in [0.25, 0.3) is 5.57 Å². The first-order valence-corrected chi connectivity index (χ1v) is 11.5. The molecule has 162 valence electrons. The van der Waals surface area contributed by atoms with Crippen molar-refractivity contribution in [2.24, 2.45) is 5.92 Å². The highest BCUT2D eigenvalue weighted by atomic mass is 16.3. The zero-order valence-corrected chi connectivity index (χ0v) is 18.8. The van der Waals surface area contributed by atoms with E-state index in [0.29, 0.717) is 17.4 Å². The normalized spacial score (nSPS) is 16.8. The van der Waals surface area contributed by atoms with Gasteiger partial charge in [0, 0.05) is 19.6 Å². The van der Waals surface area contributed by atoms with E-state index in [2.05, 4.69) is 56.0 Å². The molecule has 1 aliphatic rings. The van der Waals surface area contributed by atoms with E-state index in [1.54, 1.807) is 0 Å². The molecule has 1 heterocycles. The minimum atomic E-state index is 0.209. The van der Waals surface area contributed by atoms with Gasteiger partial charge in [-0.3, -0.25) is 4.90 Å². The van der Waals surface area contributed by atoms with Crippen LogP contribution >= 0.6 is 0 Å². The molecule has 0 spiro atoms. The van der Waals surface area contributed by atoms with E-state index in [1.807, 2.05) is 18.2 Å². The lowest BCUT2D eigenvalue weighted by Crippen LogP contribution is -2.28. The Morgan fingerprint density at radius 3 is 2.30 bits per heavy atom. The zero-order valence-electron chi connectivity index (χ0n) is 18.8. The van der Waals surface area contributed by atoms with Gasteiger partial charge in [-0.25, -0.2) is 0 Å². The molecule has 0 aliphatic carbocycles. The molecule has 2 N–H and O–H groups in total. The molecule has 2 unspecified atom stereocenters. The molecule has 3 rings (SSSR count). The quantitative estimate of drug-likeness (QED) is 0.454. The lowest BCUT2D eigenvalue weighted by molar-refractivity contribution is 0.293. The van der Waals surface area contributed by atoms with Crippen LogP contribution in [0.5, 0.6) is 11.5 Å². The summed E-state index contributed by atoms with van der Waals surface area (Å²) < 4.78 is 0. The summed E-state index contributed by atoms with van der Waals surface area (Å²) in [5.41, 5.74) is 4.00. The molecule has 0 fully saturated rings. The first-order valence-electron chi connectivity index (χ1n) is 11.5. The van der Waals surface area contributed by atoms with Gasteiger partial charge in [0.15, 0.2) is 0 Å². The van der Waals surface area contributed by atoms with Gasteiger partial charge in [0.2, 0.25) is 0 Å². The first kappa shape index (κ1) is 22.4. The Morgan fingerprint density at radius 1 is 1.00 bits per heavy atom. The van der Waals surface area contributed by atoms with Crippen LogP contribution in [0.3, 0.4) is 0 Å². The summed E-state index contributed by atoms with van der Waals surface area (Å²) in [6, 6.07) is 14.2. The van der Waals surface area contributed by atoms with Gasteiger partial charge in [0.25, 0.3) is 0 Å². The van der Waals surface area contributed by atoms with Gasteiger partial charge in [0.1, 0.15) is 11.5 Å². The van der Waals surface area contributed by atoms with Crippen LogP contribution in [0.4, 0.5) is 0 Å². The van der Waals surface area contributed by atoms with E-state index in [0.717, 1.165) is 37.2 Å². The largest absolute Gasteiger partial charge is 0.507 e. The van der Waals surface area contributed by atoms with Gasteiger partial charge in [-0.1, -0.05) is 82.9 Å². The fourth-order valence-electron chi connectivity index (χ4n) is 4.44. The average molecular weight is 408 g/mol. The van der Waals surface area contributed by atoms with Crippen molar-refractivity contribution in [3.63, 3.8) is 0 Å². The molecular formula is C27H37NO2. The number of benzene rings is 2. The number of phenols is 2. The van der Waals surface area contributed by atoms with Crippen molar-refractivity contribution >= 4 is 5.57 Å². The number of phenolic OH excluding ortho intramolecular Hbond substituents is 2. The van der Waals surface area contributed by atoms with Gasteiger partial charge in [-0.05, 0) is 47.1 Å². The second kappa shape index (κ2) is 10.7. The summed E-state index contributed by atoms with van der Waals surface area (Å²) in [6.45, 7) is 9.37. The van der Waals surface area contributed by atoms with Crippen LogP contribution in [-0.4, -0.2) is 28.2 Å². The maximum Gasteiger partial charge on any atom is 0.127 e. The lowest BCUT2D eigenvalue weighted by atomic mass is 9.84. The molecule has 2 atom stereocenters. The summed E-state index contributed by atoms with van der Waals surface area (Å²) in [6.07, 6.45) is 7.90. The number of aromatic hydroxyl groups is 2. The lowest BCUT2D eigenvalue weighted by Gasteiger charge is -2.27. The number of hydrogen-bond donors (Lipinski definition) is 2. The fourth-order valence-corrected chi connectivity index (χ4v) is 4.44. The predicted molar refractivity (Wildman–Crippen MR) is 126 cm³/mol.